The predicted molar refractivity (Wildman–Crippen MR) is 54.4 cm³/mol. The van der Waals surface area contributed by atoms with E-state index in [0.717, 1.165) is 0 Å². The van der Waals surface area contributed by atoms with Gasteiger partial charge in [0, 0.05) is 12.4 Å². The van der Waals surface area contributed by atoms with E-state index in [-0.39, 0.29) is 5.82 Å². The summed E-state index contributed by atoms with van der Waals surface area (Å²) in [7, 11) is 0. The number of pyridine rings is 2. The molecule has 3 rings (SSSR count). The Balaban J connectivity index is 2.31. The summed E-state index contributed by atoms with van der Waals surface area (Å²) in [6.45, 7) is 0. The van der Waals surface area contributed by atoms with Crippen molar-refractivity contribution in [2.45, 2.75) is 0 Å². The van der Waals surface area contributed by atoms with Crippen molar-refractivity contribution in [3.63, 3.8) is 0 Å². The van der Waals surface area contributed by atoms with Crippen molar-refractivity contribution in [3.05, 3.63) is 42.6 Å². The Hall–Kier alpha value is -2.37. The lowest BCUT2D eigenvalue weighted by molar-refractivity contribution is 0.599. The van der Waals surface area contributed by atoms with Gasteiger partial charge >= 0.3 is 0 Å². The van der Waals surface area contributed by atoms with Crippen LogP contribution in [0.5, 0.6) is 0 Å². The predicted octanol–water partition coefficient (Wildman–Crippen LogP) is 1.35. The van der Waals surface area contributed by atoms with Crippen LogP contribution in [0.2, 0.25) is 0 Å². The van der Waals surface area contributed by atoms with Crippen molar-refractivity contribution >= 4 is 11.0 Å². The van der Waals surface area contributed by atoms with E-state index < -0.39 is 5.82 Å². The molecule has 0 aliphatic carbocycles. The smallest absolute Gasteiger partial charge is 0.191 e. The number of aromatic nitrogens is 5. The molecule has 0 atom stereocenters. The molecule has 3 heterocycles. The molecule has 5 nitrogen and oxygen atoms in total. The van der Waals surface area contributed by atoms with Gasteiger partial charge in [0.05, 0.1) is 11.7 Å². The average molecular weight is 215 g/mol. The lowest BCUT2D eigenvalue weighted by atomic mass is 10.4. The highest BCUT2D eigenvalue weighted by atomic mass is 19.1. The maximum Gasteiger partial charge on any atom is 0.191 e. The molecule has 0 saturated carbocycles. The highest BCUT2D eigenvalue weighted by Crippen LogP contribution is 2.15. The Labute approximate surface area is 89.6 Å². The molecule has 0 saturated heterocycles. The van der Waals surface area contributed by atoms with Crippen molar-refractivity contribution in [3.8, 4) is 5.82 Å². The summed E-state index contributed by atoms with van der Waals surface area (Å²) < 4.78 is 14.9. The van der Waals surface area contributed by atoms with Crippen molar-refractivity contribution in [2.75, 3.05) is 0 Å². The number of halogens is 1. The van der Waals surface area contributed by atoms with Gasteiger partial charge in [0.15, 0.2) is 11.6 Å². The SMILES string of the molecule is Fc1cccnc1-n1nnc2cnccc21. The van der Waals surface area contributed by atoms with Crippen LogP contribution in [-0.4, -0.2) is 25.0 Å². The zero-order chi connectivity index (χ0) is 11.0. The van der Waals surface area contributed by atoms with Crippen LogP contribution < -0.4 is 0 Å². The van der Waals surface area contributed by atoms with E-state index in [1.54, 1.807) is 18.5 Å². The fourth-order valence-corrected chi connectivity index (χ4v) is 1.47. The minimum absolute atomic E-state index is 0.135. The van der Waals surface area contributed by atoms with Gasteiger partial charge in [-0.05, 0) is 18.2 Å². The molecule has 6 heteroatoms. The van der Waals surface area contributed by atoms with Crippen LogP contribution in [0.15, 0.2) is 36.8 Å². The molecule has 0 fully saturated rings. The van der Waals surface area contributed by atoms with Gasteiger partial charge < -0.3 is 0 Å². The summed E-state index contributed by atoms with van der Waals surface area (Å²) in [5, 5.41) is 7.73. The van der Waals surface area contributed by atoms with Gasteiger partial charge in [0.1, 0.15) is 5.52 Å². The summed E-state index contributed by atoms with van der Waals surface area (Å²) in [6.07, 6.45) is 4.68. The van der Waals surface area contributed by atoms with Gasteiger partial charge in [-0.25, -0.2) is 9.37 Å². The highest BCUT2D eigenvalue weighted by Gasteiger charge is 2.10. The number of hydrogen-bond acceptors (Lipinski definition) is 4. The van der Waals surface area contributed by atoms with Gasteiger partial charge in [0.2, 0.25) is 0 Å². The fraction of sp³-hybridized carbons (Fsp3) is 0. The second-order valence-corrected chi connectivity index (χ2v) is 3.17. The number of fused-ring (bicyclic) bond motifs is 1. The number of nitrogens with zero attached hydrogens (tertiary/aromatic N) is 5. The molecule has 0 aliphatic heterocycles. The number of rotatable bonds is 1. The Morgan fingerprint density at radius 2 is 2.12 bits per heavy atom. The Kier molecular flexibility index (Phi) is 1.86. The van der Waals surface area contributed by atoms with Crippen LogP contribution in [0.1, 0.15) is 0 Å². The van der Waals surface area contributed by atoms with E-state index in [1.807, 2.05) is 0 Å². The molecule has 0 aliphatic rings. The van der Waals surface area contributed by atoms with Crippen LogP contribution in [0.25, 0.3) is 16.9 Å². The standard InChI is InChI=1S/C10H6FN5/c11-7-2-1-4-13-10(7)16-9-3-5-12-6-8(9)14-15-16/h1-6H. The normalized spacial score (nSPS) is 10.8. The van der Waals surface area contributed by atoms with Crippen molar-refractivity contribution in [1.29, 1.82) is 0 Å². The first-order valence-electron chi connectivity index (χ1n) is 4.62. The van der Waals surface area contributed by atoms with E-state index in [0.29, 0.717) is 11.0 Å². The molecule has 0 unspecified atom stereocenters. The first-order chi connectivity index (χ1) is 7.86. The maximum absolute atomic E-state index is 13.5. The molecule has 16 heavy (non-hydrogen) atoms. The third-order valence-corrected chi connectivity index (χ3v) is 2.19. The molecule has 3 aromatic heterocycles. The molecule has 0 bridgehead atoms. The van der Waals surface area contributed by atoms with E-state index in [2.05, 4.69) is 20.3 Å². The topological polar surface area (TPSA) is 56.5 Å². The van der Waals surface area contributed by atoms with Gasteiger partial charge in [-0.15, -0.1) is 5.10 Å². The minimum Gasteiger partial charge on any atom is -0.262 e. The highest BCUT2D eigenvalue weighted by molar-refractivity contribution is 5.74. The van der Waals surface area contributed by atoms with Crippen molar-refractivity contribution in [2.24, 2.45) is 0 Å². The van der Waals surface area contributed by atoms with Crippen LogP contribution in [0, 0.1) is 5.82 Å². The molecule has 78 valence electrons. The number of hydrogen-bond donors (Lipinski definition) is 0. The van der Waals surface area contributed by atoms with Gasteiger partial charge in [-0.3, -0.25) is 4.98 Å². The van der Waals surface area contributed by atoms with Crippen molar-refractivity contribution in [1.82, 2.24) is 25.0 Å². The minimum atomic E-state index is -0.439. The monoisotopic (exact) mass is 215 g/mol. The molecule has 0 aromatic carbocycles. The molecule has 3 aromatic rings. The van der Waals surface area contributed by atoms with Crippen LogP contribution in [0.3, 0.4) is 0 Å². The van der Waals surface area contributed by atoms with E-state index in [1.165, 1.54) is 23.0 Å². The lowest BCUT2D eigenvalue weighted by Gasteiger charge is -2.00. The summed E-state index contributed by atoms with van der Waals surface area (Å²) >= 11 is 0. The van der Waals surface area contributed by atoms with Crippen molar-refractivity contribution < 1.29 is 4.39 Å². The molecule has 0 radical (unpaired) electrons. The molecule has 0 spiro atoms. The van der Waals surface area contributed by atoms with Crippen LogP contribution >= 0.6 is 0 Å². The fourth-order valence-electron chi connectivity index (χ4n) is 1.47. The van der Waals surface area contributed by atoms with E-state index in [4.69, 9.17) is 0 Å². The zero-order valence-corrected chi connectivity index (χ0v) is 8.08. The maximum atomic E-state index is 13.5. The summed E-state index contributed by atoms with van der Waals surface area (Å²) in [5.74, 6) is -0.303. The van der Waals surface area contributed by atoms with Crippen LogP contribution in [0.4, 0.5) is 4.39 Å². The average Bonchev–Trinajstić information content (AvgIpc) is 2.74. The Morgan fingerprint density at radius 3 is 3.00 bits per heavy atom. The van der Waals surface area contributed by atoms with Crippen LogP contribution in [-0.2, 0) is 0 Å². The third-order valence-electron chi connectivity index (χ3n) is 2.19. The molecular formula is C10H6FN5. The summed E-state index contributed by atoms with van der Waals surface area (Å²) in [5.41, 5.74) is 1.28. The third kappa shape index (κ3) is 1.23. The first kappa shape index (κ1) is 8.90. The Bertz CT molecular complexity index is 648. The summed E-state index contributed by atoms with van der Waals surface area (Å²) in [4.78, 5) is 7.85. The molecule has 0 N–H and O–H groups in total. The Morgan fingerprint density at radius 1 is 1.19 bits per heavy atom. The summed E-state index contributed by atoms with van der Waals surface area (Å²) in [6, 6.07) is 4.57. The second kappa shape index (κ2) is 3.34. The molecule has 0 amide bonds. The zero-order valence-electron chi connectivity index (χ0n) is 8.08. The largest absolute Gasteiger partial charge is 0.262 e. The van der Waals surface area contributed by atoms with E-state index in [9.17, 15) is 4.39 Å². The van der Waals surface area contributed by atoms with E-state index >= 15 is 0 Å². The second-order valence-electron chi connectivity index (χ2n) is 3.17. The van der Waals surface area contributed by atoms with Gasteiger partial charge in [0.25, 0.3) is 0 Å². The first-order valence-corrected chi connectivity index (χ1v) is 4.62. The lowest BCUT2D eigenvalue weighted by Crippen LogP contribution is -2.02. The van der Waals surface area contributed by atoms with Gasteiger partial charge in [-0.1, -0.05) is 5.21 Å². The molecular weight excluding hydrogens is 209 g/mol. The quantitative estimate of drug-likeness (QED) is 0.614. The van der Waals surface area contributed by atoms with Gasteiger partial charge in [-0.2, -0.15) is 4.68 Å².